The molecule has 197 valence electrons. The minimum atomic E-state index is -0.419. The molecule has 5 nitrogen and oxygen atoms in total. The summed E-state index contributed by atoms with van der Waals surface area (Å²) in [7, 11) is 0. The van der Waals surface area contributed by atoms with Gasteiger partial charge in [-0.1, -0.05) is 37.1 Å². The van der Waals surface area contributed by atoms with Crippen LogP contribution in [0.1, 0.15) is 39.0 Å². The summed E-state index contributed by atoms with van der Waals surface area (Å²) < 4.78 is 0. The molecule has 6 heteroatoms. The number of rotatable bonds is 10. The fourth-order valence-electron chi connectivity index (χ4n) is 3.78. The topological polar surface area (TPSA) is 86.5 Å². The van der Waals surface area contributed by atoms with Gasteiger partial charge in [-0.05, 0) is 38.3 Å². The Morgan fingerprint density at radius 2 is 1.19 bits per heavy atom. The molecule has 0 aliphatic carbocycles. The van der Waals surface area contributed by atoms with Crippen molar-refractivity contribution in [2.24, 2.45) is 0 Å². The van der Waals surface area contributed by atoms with E-state index in [4.69, 9.17) is 10.2 Å². The van der Waals surface area contributed by atoms with Crippen LogP contribution >= 0.6 is 0 Å². The molecule has 0 amide bonds. The van der Waals surface area contributed by atoms with E-state index in [1.807, 2.05) is 72.8 Å². The van der Waals surface area contributed by atoms with Gasteiger partial charge in [0.2, 0.25) is 0 Å². The molecule has 1 radical (unpaired) electrons. The molecular formula is C31H34IrN2O3-2. The molecular weight excluding hydrogens is 641 g/mol. The third kappa shape index (κ3) is 10.6. The van der Waals surface area contributed by atoms with Gasteiger partial charge in [-0.2, -0.15) is 35.4 Å². The predicted molar refractivity (Wildman–Crippen MR) is 144 cm³/mol. The van der Waals surface area contributed by atoms with Crippen LogP contribution < -0.4 is 0 Å². The Bertz CT molecular complexity index is 1080. The molecule has 4 rings (SSSR count). The maximum Gasteiger partial charge on any atom is 0.0564 e. The molecule has 0 saturated heterocycles. The molecule has 2 heterocycles. The van der Waals surface area contributed by atoms with E-state index in [0.29, 0.717) is 6.42 Å². The Hall–Kier alpha value is -2.73. The van der Waals surface area contributed by atoms with Crippen LogP contribution in [0.2, 0.25) is 0 Å². The Morgan fingerprint density at radius 3 is 1.62 bits per heavy atom. The second-order valence-corrected chi connectivity index (χ2v) is 8.70. The molecule has 2 aromatic heterocycles. The fourth-order valence-corrected chi connectivity index (χ4v) is 3.78. The van der Waals surface area contributed by atoms with Crippen molar-refractivity contribution >= 4 is 0 Å². The molecule has 37 heavy (non-hydrogen) atoms. The van der Waals surface area contributed by atoms with Gasteiger partial charge in [-0.3, -0.25) is 9.97 Å². The molecule has 0 aliphatic rings. The van der Waals surface area contributed by atoms with E-state index in [1.165, 1.54) is 0 Å². The van der Waals surface area contributed by atoms with Crippen molar-refractivity contribution < 1.29 is 35.4 Å². The number of hydrogen-bond donors (Lipinski definition) is 3. The van der Waals surface area contributed by atoms with Crippen molar-refractivity contribution in [2.75, 3.05) is 6.61 Å². The Labute approximate surface area is 233 Å². The molecule has 0 aliphatic heterocycles. The first-order valence-corrected chi connectivity index (χ1v) is 12.4. The van der Waals surface area contributed by atoms with E-state index in [1.54, 1.807) is 19.3 Å². The van der Waals surface area contributed by atoms with Gasteiger partial charge in [0.25, 0.3) is 0 Å². The molecule has 3 N–H and O–H groups in total. The number of hydrogen-bond acceptors (Lipinski definition) is 5. The molecule has 0 saturated carbocycles. The zero-order valence-electron chi connectivity index (χ0n) is 21.0. The fraction of sp³-hybridized carbons (Fsp3) is 0.290. The maximum absolute atomic E-state index is 9.30. The van der Waals surface area contributed by atoms with E-state index in [2.05, 4.69) is 22.1 Å². The summed E-state index contributed by atoms with van der Waals surface area (Å²) >= 11 is 0. The van der Waals surface area contributed by atoms with Crippen molar-refractivity contribution in [3.8, 4) is 33.6 Å². The summed E-state index contributed by atoms with van der Waals surface area (Å²) in [5.74, 6) is 0. The summed E-state index contributed by atoms with van der Waals surface area (Å²) in [5.41, 5.74) is 5.78. The standard InChI is InChI=1S/C22H14N2.C9H20O3.Ir/c1-3-13-23-21(11-1)19-9-5-7-17(15-19)18-8-6-10-20(16-18)22-12-2-4-14-24-22;1-8(11)7-9(12)5-3-2-4-6-10;/h1-14H;8-12H,2-7H2,1H3;/q-2;;. The molecule has 0 spiro atoms. The quantitative estimate of drug-likeness (QED) is 0.148. The van der Waals surface area contributed by atoms with Crippen molar-refractivity contribution in [3.05, 3.63) is 97.3 Å². The minimum Gasteiger partial charge on any atom is -0.396 e. The van der Waals surface area contributed by atoms with Crippen LogP contribution in [-0.2, 0) is 20.1 Å². The summed E-state index contributed by atoms with van der Waals surface area (Å²) in [6.07, 6.45) is 6.65. The summed E-state index contributed by atoms with van der Waals surface area (Å²) in [5, 5.41) is 26.7. The largest absolute Gasteiger partial charge is 0.396 e. The molecule has 0 fully saturated rings. The number of unbranched alkanes of at least 4 members (excludes halogenated alkanes) is 2. The van der Waals surface area contributed by atoms with Gasteiger partial charge in [-0.15, -0.1) is 35.4 Å². The van der Waals surface area contributed by atoms with Gasteiger partial charge in [-0.25, -0.2) is 0 Å². The first-order valence-electron chi connectivity index (χ1n) is 12.4. The Kier molecular flexibility index (Phi) is 13.9. The zero-order chi connectivity index (χ0) is 25.6. The van der Waals surface area contributed by atoms with Gasteiger partial charge in [0.15, 0.2) is 0 Å². The normalized spacial score (nSPS) is 12.0. The van der Waals surface area contributed by atoms with Crippen molar-refractivity contribution in [1.82, 2.24) is 9.97 Å². The van der Waals surface area contributed by atoms with Gasteiger partial charge < -0.3 is 15.3 Å². The Morgan fingerprint density at radius 1 is 0.676 bits per heavy atom. The van der Waals surface area contributed by atoms with E-state index in [-0.39, 0.29) is 32.8 Å². The number of aromatic nitrogens is 2. The predicted octanol–water partition coefficient (Wildman–Crippen LogP) is 5.75. The van der Waals surface area contributed by atoms with Gasteiger partial charge >= 0.3 is 0 Å². The van der Waals surface area contributed by atoms with Crippen LogP contribution in [0.3, 0.4) is 0 Å². The van der Waals surface area contributed by atoms with Crippen LogP contribution in [-0.4, -0.2) is 44.1 Å². The van der Waals surface area contributed by atoms with Gasteiger partial charge in [0.05, 0.1) is 12.2 Å². The van der Waals surface area contributed by atoms with Crippen LogP contribution in [0.4, 0.5) is 0 Å². The van der Waals surface area contributed by atoms with Gasteiger partial charge in [0, 0.05) is 50.5 Å². The average molecular weight is 675 g/mol. The number of aliphatic hydroxyl groups is 3. The molecule has 2 unspecified atom stereocenters. The van der Waals surface area contributed by atoms with Gasteiger partial charge in [0.1, 0.15) is 0 Å². The smallest absolute Gasteiger partial charge is 0.0564 e. The van der Waals surface area contributed by atoms with E-state index >= 15 is 0 Å². The van der Waals surface area contributed by atoms with Crippen molar-refractivity contribution in [3.63, 3.8) is 0 Å². The minimum absolute atomic E-state index is 0. The maximum atomic E-state index is 9.30. The Balaban J connectivity index is 0.000000319. The van der Waals surface area contributed by atoms with Crippen molar-refractivity contribution in [2.45, 2.75) is 51.2 Å². The third-order valence-corrected chi connectivity index (χ3v) is 5.57. The molecule has 2 atom stereocenters. The monoisotopic (exact) mass is 675 g/mol. The van der Waals surface area contributed by atoms with Crippen LogP contribution in [0.5, 0.6) is 0 Å². The first kappa shape index (κ1) is 30.5. The average Bonchev–Trinajstić information content (AvgIpc) is 2.92. The summed E-state index contributed by atoms with van der Waals surface area (Å²) in [6, 6.07) is 30.8. The zero-order valence-corrected chi connectivity index (χ0v) is 23.4. The second kappa shape index (κ2) is 16.9. The first-order chi connectivity index (χ1) is 17.6. The molecule has 4 aromatic rings. The van der Waals surface area contributed by atoms with E-state index < -0.39 is 6.10 Å². The number of benzene rings is 2. The second-order valence-electron chi connectivity index (χ2n) is 8.70. The van der Waals surface area contributed by atoms with Crippen LogP contribution in [0, 0.1) is 12.1 Å². The van der Waals surface area contributed by atoms with Crippen LogP contribution in [0.15, 0.2) is 85.2 Å². The van der Waals surface area contributed by atoms with E-state index in [9.17, 15) is 5.11 Å². The number of aliphatic hydroxyl groups excluding tert-OH is 3. The number of nitrogens with zero attached hydrogens (tertiary/aromatic N) is 2. The summed E-state index contributed by atoms with van der Waals surface area (Å²) in [6.45, 7) is 1.91. The number of pyridine rings is 2. The SMILES string of the molecule is CC(O)CC(O)CCCCCO.[Ir].[c-]1c(-c2[c-]c(-c3ccccn3)ccc2)cccc1-c1ccccn1. The molecule has 0 bridgehead atoms. The summed E-state index contributed by atoms with van der Waals surface area (Å²) in [4.78, 5) is 8.79. The third-order valence-electron chi connectivity index (χ3n) is 5.57. The van der Waals surface area contributed by atoms with Crippen molar-refractivity contribution in [1.29, 1.82) is 0 Å². The van der Waals surface area contributed by atoms with Crippen LogP contribution in [0.25, 0.3) is 33.6 Å². The molecule has 2 aromatic carbocycles. The van der Waals surface area contributed by atoms with E-state index in [0.717, 1.165) is 59.3 Å².